The zero-order valence-electron chi connectivity index (χ0n) is 13.2. The van der Waals surface area contributed by atoms with Gasteiger partial charge in [0, 0.05) is 30.8 Å². The van der Waals surface area contributed by atoms with Crippen molar-refractivity contribution in [1.29, 1.82) is 0 Å². The first-order chi connectivity index (χ1) is 10.5. The highest BCUT2D eigenvalue weighted by atomic mass is 35.5. The number of nitro benzene ring substituents is 1. The van der Waals surface area contributed by atoms with Crippen molar-refractivity contribution in [3.63, 3.8) is 0 Å². The number of likely N-dealkylation sites (tertiary alicyclic amines) is 1. The van der Waals surface area contributed by atoms with Gasteiger partial charge in [0.05, 0.1) is 12.0 Å². The van der Waals surface area contributed by atoms with Gasteiger partial charge in [-0.2, -0.15) is 0 Å². The lowest BCUT2D eigenvalue weighted by atomic mass is 9.90. The standard InChI is InChI=1S/C15H21N3O4.ClH/c1-10-4-3-7-17(13(10)9-16)15(19)11-5-6-14(22-2)12(8-11)18(20)21;/h5-6,8,10,13H,3-4,7,9,16H2,1-2H3;1H. The van der Waals surface area contributed by atoms with E-state index in [2.05, 4.69) is 6.92 Å². The fraction of sp³-hybridized carbons (Fsp3) is 0.533. The van der Waals surface area contributed by atoms with Crippen molar-refractivity contribution in [2.75, 3.05) is 20.2 Å². The molecule has 1 amide bonds. The SMILES string of the molecule is COc1ccc(C(=O)N2CCCC(C)C2CN)cc1[N+](=O)[O-].Cl. The molecule has 1 aliphatic heterocycles. The number of hydrogen-bond donors (Lipinski definition) is 1. The second-order valence-electron chi connectivity index (χ2n) is 5.56. The molecule has 2 N–H and O–H groups in total. The molecule has 1 heterocycles. The summed E-state index contributed by atoms with van der Waals surface area (Å²) in [6, 6.07) is 4.26. The number of piperidine rings is 1. The number of carbonyl (C=O) groups excluding carboxylic acids is 1. The Bertz CT molecular complexity index is 582. The van der Waals surface area contributed by atoms with Gasteiger partial charge in [-0.1, -0.05) is 6.92 Å². The fourth-order valence-electron chi connectivity index (χ4n) is 2.99. The minimum atomic E-state index is -0.547. The molecule has 0 aliphatic carbocycles. The number of halogens is 1. The van der Waals surface area contributed by atoms with Gasteiger partial charge in [-0.25, -0.2) is 0 Å². The summed E-state index contributed by atoms with van der Waals surface area (Å²) in [6.45, 7) is 3.10. The Morgan fingerprint density at radius 3 is 2.78 bits per heavy atom. The van der Waals surface area contributed by atoms with Gasteiger partial charge in [-0.05, 0) is 30.9 Å². The molecule has 0 aromatic heterocycles. The van der Waals surface area contributed by atoms with Crippen LogP contribution >= 0.6 is 12.4 Å². The van der Waals surface area contributed by atoms with Crippen LogP contribution in [0.4, 0.5) is 5.69 Å². The third-order valence-electron chi connectivity index (χ3n) is 4.24. The van der Waals surface area contributed by atoms with Gasteiger partial charge in [0.1, 0.15) is 0 Å². The zero-order valence-corrected chi connectivity index (χ0v) is 14.0. The first-order valence-corrected chi connectivity index (χ1v) is 7.33. The van der Waals surface area contributed by atoms with Crippen molar-refractivity contribution < 1.29 is 14.5 Å². The monoisotopic (exact) mass is 343 g/mol. The third kappa shape index (κ3) is 3.92. The highest BCUT2D eigenvalue weighted by molar-refractivity contribution is 5.95. The number of hydrogen-bond acceptors (Lipinski definition) is 5. The number of amides is 1. The Labute approximate surface area is 141 Å². The molecule has 0 radical (unpaired) electrons. The van der Waals surface area contributed by atoms with Gasteiger partial charge in [0.2, 0.25) is 0 Å². The molecule has 1 aromatic rings. The number of rotatable bonds is 4. The Kier molecular flexibility index (Phi) is 6.78. The minimum Gasteiger partial charge on any atom is -0.490 e. The number of nitrogens with zero attached hydrogens (tertiary/aromatic N) is 2. The normalized spacial score (nSPS) is 20.6. The lowest BCUT2D eigenvalue weighted by Gasteiger charge is -2.39. The summed E-state index contributed by atoms with van der Waals surface area (Å²) in [6.07, 6.45) is 1.95. The fourth-order valence-corrected chi connectivity index (χ4v) is 2.99. The summed E-state index contributed by atoms with van der Waals surface area (Å²) in [7, 11) is 1.36. The maximum absolute atomic E-state index is 12.7. The van der Waals surface area contributed by atoms with E-state index in [4.69, 9.17) is 10.5 Å². The van der Waals surface area contributed by atoms with Crippen LogP contribution in [0, 0.1) is 16.0 Å². The summed E-state index contributed by atoms with van der Waals surface area (Å²) in [5.74, 6) is 0.257. The quantitative estimate of drug-likeness (QED) is 0.667. The molecule has 2 rings (SSSR count). The summed E-state index contributed by atoms with van der Waals surface area (Å²) in [5, 5.41) is 11.1. The van der Waals surface area contributed by atoms with E-state index < -0.39 is 4.92 Å². The maximum Gasteiger partial charge on any atom is 0.311 e. The molecule has 1 fully saturated rings. The number of nitrogens with two attached hydrogens (primary N) is 1. The number of benzene rings is 1. The van der Waals surface area contributed by atoms with Crippen molar-refractivity contribution in [2.24, 2.45) is 11.7 Å². The summed E-state index contributed by atoms with van der Waals surface area (Å²) in [4.78, 5) is 25.0. The van der Waals surface area contributed by atoms with Crippen LogP contribution in [-0.2, 0) is 0 Å². The first-order valence-electron chi connectivity index (χ1n) is 7.33. The van der Waals surface area contributed by atoms with Crippen LogP contribution in [-0.4, -0.2) is 42.0 Å². The Morgan fingerprint density at radius 2 is 2.22 bits per heavy atom. The van der Waals surface area contributed by atoms with E-state index in [-0.39, 0.29) is 35.8 Å². The van der Waals surface area contributed by atoms with Gasteiger partial charge in [-0.15, -0.1) is 12.4 Å². The van der Waals surface area contributed by atoms with Crippen molar-refractivity contribution in [3.05, 3.63) is 33.9 Å². The van der Waals surface area contributed by atoms with Crippen molar-refractivity contribution in [1.82, 2.24) is 4.90 Å². The minimum absolute atomic E-state index is 0. The van der Waals surface area contributed by atoms with Gasteiger partial charge in [-0.3, -0.25) is 14.9 Å². The number of nitro groups is 1. The average molecular weight is 344 g/mol. The van der Waals surface area contributed by atoms with E-state index >= 15 is 0 Å². The van der Waals surface area contributed by atoms with E-state index in [1.165, 1.54) is 19.2 Å². The Hall–Kier alpha value is -1.86. The van der Waals surface area contributed by atoms with Gasteiger partial charge < -0.3 is 15.4 Å². The Morgan fingerprint density at radius 1 is 1.52 bits per heavy atom. The lowest BCUT2D eigenvalue weighted by molar-refractivity contribution is -0.385. The molecule has 0 saturated carbocycles. The van der Waals surface area contributed by atoms with Crippen LogP contribution in [0.2, 0.25) is 0 Å². The van der Waals surface area contributed by atoms with Crippen LogP contribution in [0.5, 0.6) is 5.75 Å². The molecule has 0 spiro atoms. The summed E-state index contributed by atoms with van der Waals surface area (Å²) < 4.78 is 4.96. The second-order valence-corrected chi connectivity index (χ2v) is 5.56. The van der Waals surface area contributed by atoms with Crippen LogP contribution in [0.15, 0.2) is 18.2 Å². The molecule has 2 atom stereocenters. The summed E-state index contributed by atoms with van der Waals surface area (Å²) in [5.41, 5.74) is 5.89. The van der Waals surface area contributed by atoms with Crippen LogP contribution < -0.4 is 10.5 Å². The Balaban J connectivity index is 0.00000264. The number of carbonyl (C=O) groups is 1. The van der Waals surface area contributed by atoms with Crippen molar-refractivity contribution in [2.45, 2.75) is 25.8 Å². The van der Waals surface area contributed by atoms with E-state index in [0.29, 0.717) is 24.6 Å². The second kappa shape index (κ2) is 8.12. The molecule has 1 aliphatic rings. The molecule has 1 aromatic carbocycles. The predicted molar refractivity (Wildman–Crippen MR) is 89.2 cm³/mol. The number of ether oxygens (including phenoxy) is 1. The molecule has 0 bridgehead atoms. The van der Waals surface area contributed by atoms with Crippen molar-refractivity contribution in [3.8, 4) is 5.75 Å². The topological polar surface area (TPSA) is 98.7 Å². The number of methoxy groups -OCH3 is 1. The van der Waals surface area contributed by atoms with Gasteiger partial charge in [0.15, 0.2) is 5.75 Å². The summed E-state index contributed by atoms with van der Waals surface area (Å²) >= 11 is 0. The van der Waals surface area contributed by atoms with E-state index in [1.54, 1.807) is 11.0 Å². The molecular weight excluding hydrogens is 322 g/mol. The van der Waals surface area contributed by atoms with E-state index in [0.717, 1.165) is 12.8 Å². The van der Waals surface area contributed by atoms with Gasteiger partial charge >= 0.3 is 5.69 Å². The molecule has 128 valence electrons. The third-order valence-corrected chi connectivity index (χ3v) is 4.24. The van der Waals surface area contributed by atoms with Crippen LogP contribution in [0.25, 0.3) is 0 Å². The zero-order chi connectivity index (χ0) is 16.3. The average Bonchev–Trinajstić information content (AvgIpc) is 2.53. The molecule has 2 unspecified atom stereocenters. The highest BCUT2D eigenvalue weighted by Gasteiger charge is 2.32. The van der Waals surface area contributed by atoms with E-state index in [1.807, 2.05) is 0 Å². The van der Waals surface area contributed by atoms with Crippen LogP contribution in [0.3, 0.4) is 0 Å². The van der Waals surface area contributed by atoms with E-state index in [9.17, 15) is 14.9 Å². The molecule has 23 heavy (non-hydrogen) atoms. The highest BCUT2D eigenvalue weighted by Crippen LogP contribution is 2.30. The lowest BCUT2D eigenvalue weighted by Crippen LogP contribution is -2.51. The van der Waals surface area contributed by atoms with Crippen molar-refractivity contribution >= 4 is 24.0 Å². The first kappa shape index (κ1) is 19.2. The molecular formula is C15H22ClN3O4. The van der Waals surface area contributed by atoms with Gasteiger partial charge in [0.25, 0.3) is 5.91 Å². The molecule has 7 nitrogen and oxygen atoms in total. The molecule has 1 saturated heterocycles. The molecule has 8 heteroatoms. The smallest absolute Gasteiger partial charge is 0.311 e. The maximum atomic E-state index is 12.7. The van der Waals surface area contributed by atoms with Crippen LogP contribution in [0.1, 0.15) is 30.1 Å². The predicted octanol–water partition coefficient (Wildman–Crippen LogP) is 2.22. The largest absolute Gasteiger partial charge is 0.490 e.